The van der Waals surface area contributed by atoms with Gasteiger partial charge < -0.3 is 16.3 Å². The summed E-state index contributed by atoms with van der Waals surface area (Å²) < 4.78 is 0. The van der Waals surface area contributed by atoms with E-state index in [4.69, 9.17) is 10.9 Å². The van der Waals surface area contributed by atoms with Gasteiger partial charge in [-0.05, 0) is 36.4 Å². The van der Waals surface area contributed by atoms with Crippen LogP contribution in [0.1, 0.15) is 24.5 Å². The summed E-state index contributed by atoms with van der Waals surface area (Å²) in [6, 6.07) is 7.74. The first kappa shape index (κ1) is 11.9. The maximum absolute atomic E-state index is 8.61. The molecule has 0 saturated heterocycles. The first-order valence-corrected chi connectivity index (χ1v) is 5.98. The van der Waals surface area contributed by atoms with E-state index in [1.807, 2.05) is 24.3 Å². The molecule has 0 aromatic heterocycles. The molecule has 1 fully saturated rings. The zero-order valence-corrected chi connectivity index (χ0v) is 10.1. The highest BCUT2D eigenvalue weighted by molar-refractivity contribution is 5.97. The van der Waals surface area contributed by atoms with Gasteiger partial charge in [-0.15, -0.1) is 0 Å². The number of hydrogen-bond donors (Lipinski definition) is 3. The van der Waals surface area contributed by atoms with E-state index in [1.54, 1.807) is 0 Å². The lowest BCUT2D eigenvalue weighted by Crippen LogP contribution is -2.18. The molecule has 17 heavy (non-hydrogen) atoms. The van der Waals surface area contributed by atoms with E-state index in [0.717, 1.165) is 36.1 Å². The molecule has 4 heteroatoms. The van der Waals surface area contributed by atoms with Crippen LogP contribution in [0.15, 0.2) is 29.4 Å². The molecule has 1 aliphatic carbocycles. The van der Waals surface area contributed by atoms with E-state index < -0.39 is 0 Å². The van der Waals surface area contributed by atoms with E-state index >= 15 is 0 Å². The number of nitrogens with zero attached hydrogens (tertiary/aromatic N) is 1. The molecule has 4 N–H and O–H groups in total. The molecule has 0 spiro atoms. The molecule has 1 aromatic rings. The van der Waals surface area contributed by atoms with E-state index in [1.165, 1.54) is 6.42 Å². The molecule has 0 amide bonds. The molecular weight excluding hydrogens is 214 g/mol. The first-order chi connectivity index (χ1) is 8.20. The van der Waals surface area contributed by atoms with Gasteiger partial charge in [0, 0.05) is 12.1 Å². The Labute approximate surface area is 102 Å². The lowest BCUT2D eigenvalue weighted by molar-refractivity contribution is 0.318. The second kappa shape index (κ2) is 5.19. The smallest absolute Gasteiger partial charge is 0.170 e. The van der Waals surface area contributed by atoms with Crippen molar-refractivity contribution in [3.8, 4) is 0 Å². The summed E-state index contributed by atoms with van der Waals surface area (Å²) in [5.74, 6) is 1.89. The molecule has 0 bridgehead atoms. The standard InChI is InChI=1S/C13H19N3O/c1-9-5-12(9)8-15-7-10-3-2-4-11(6-10)13(14)16-17/h2-4,6,9,12,15,17H,5,7-8H2,1H3,(H2,14,16). The zero-order chi connectivity index (χ0) is 12.3. The van der Waals surface area contributed by atoms with Gasteiger partial charge in [-0.25, -0.2) is 0 Å². The van der Waals surface area contributed by atoms with Crippen molar-refractivity contribution in [1.82, 2.24) is 5.32 Å². The molecular formula is C13H19N3O. The van der Waals surface area contributed by atoms with Gasteiger partial charge in [-0.3, -0.25) is 0 Å². The van der Waals surface area contributed by atoms with Crippen LogP contribution in [0.2, 0.25) is 0 Å². The van der Waals surface area contributed by atoms with Crippen LogP contribution in [-0.4, -0.2) is 17.6 Å². The molecule has 2 rings (SSSR count). The Balaban J connectivity index is 1.87. The third-order valence-corrected chi connectivity index (χ3v) is 3.34. The number of amidine groups is 1. The van der Waals surface area contributed by atoms with Crippen LogP contribution < -0.4 is 11.1 Å². The van der Waals surface area contributed by atoms with Gasteiger partial charge in [-0.2, -0.15) is 0 Å². The largest absolute Gasteiger partial charge is 0.409 e. The van der Waals surface area contributed by atoms with Gasteiger partial charge in [0.2, 0.25) is 0 Å². The highest BCUT2D eigenvalue weighted by Gasteiger charge is 2.31. The fourth-order valence-electron chi connectivity index (χ4n) is 1.98. The third-order valence-electron chi connectivity index (χ3n) is 3.34. The fraction of sp³-hybridized carbons (Fsp3) is 0.462. The molecule has 0 heterocycles. The number of benzene rings is 1. The number of nitrogens with one attached hydrogen (secondary N) is 1. The number of nitrogens with two attached hydrogens (primary N) is 1. The second-order valence-electron chi connectivity index (χ2n) is 4.79. The number of rotatable bonds is 5. The minimum atomic E-state index is 0.155. The number of oxime groups is 1. The molecule has 0 aliphatic heterocycles. The molecule has 1 aromatic carbocycles. The molecule has 0 radical (unpaired) electrons. The van der Waals surface area contributed by atoms with Crippen molar-refractivity contribution in [3.05, 3.63) is 35.4 Å². The summed E-state index contributed by atoms with van der Waals surface area (Å²) in [5, 5.41) is 15.1. The van der Waals surface area contributed by atoms with Gasteiger partial charge in [0.05, 0.1) is 0 Å². The summed E-state index contributed by atoms with van der Waals surface area (Å²) in [6.07, 6.45) is 1.34. The van der Waals surface area contributed by atoms with Crippen molar-refractivity contribution in [2.24, 2.45) is 22.7 Å². The van der Waals surface area contributed by atoms with Gasteiger partial charge >= 0.3 is 0 Å². The summed E-state index contributed by atoms with van der Waals surface area (Å²) in [4.78, 5) is 0. The Bertz CT molecular complexity index is 417. The Morgan fingerprint density at radius 2 is 2.35 bits per heavy atom. The topological polar surface area (TPSA) is 70.6 Å². The SMILES string of the molecule is CC1CC1CNCc1cccc(/C(N)=N/O)c1. The Hall–Kier alpha value is -1.55. The fourth-order valence-corrected chi connectivity index (χ4v) is 1.98. The van der Waals surface area contributed by atoms with Crippen molar-refractivity contribution < 1.29 is 5.21 Å². The van der Waals surface area contributed by atoms with Crippen LogP contribution in [-0.2, 0) is 6.54 Å². The van der Waals surface area contributed by atoms with Crippen LogP contribution in [0.25, 0.3) is 0 Å². The van der Waals surface area contributed by atoms with Gasteiger partial charge in [0.15, 0.2) is 5.84 Å². The van der Waals surface area contributed by atoms with E-state index in [2.05, 4.69) is 17.4 Å². The molecule has 92 valence electrons. The summed E-state index contributed by atoms with van der Waals surface area (Å²) in [7, 11) is 0. The van der Waals surface area contributed by atoms with Gasteiger partial charge in [0.25, 0.3) is 0 Å². The molecule has 2 atom stereocenters. The first-order valence-electron chi connectivity index (χ1n) is 5.98. The third kappa shape index (κ3) is 3.20. The zero-order valence-electron chi connectivity index (χ0n) is 10.1. The quantitative estimate of drug-likeness (QED) is 0.312. The Morgan fingerprint density at radius 3 is 3.00 bits per heavy atom. The second-order valence-corrected chi connectivity index (χ2v) is 4.79. The van der Waals surface area contributed by atoms with Crippen molar-refractivity contribution in [2.75, 3.05) is 6.54 Å². The molecule has 4 nitrogen and oxygen atoms in total. The summed E-state index contributed by atoms with van der Waals surface area (Å²) in [6.45, 7) is 4.19. The average Bonchev–Trinajstić information content (AvgIpc) is 3.05. The summed E-state index contributed by atoms with van der Waals surface area (Å²) >= 11 is 0. The molecule has 2 unspecified atom stereocenters. The van der Waals surface area contributed by atoms with Gasteiger partial charge in [0.1, 0.15) is 0 Å². The average molecular weight is 233 g/mol. The maximum Gasteiger partial charge on any atom is 0.170 e. The van der Waals surface area contributed by atoms with Crippen molar-refractivity contribution >= 4 is 5.84 Å². The number of hydrogen-bond acceptors (Lipinski definition) is 3. The maximum atomic E-state index is 8.61. The minimum absolute atomic E-state index is 0.155. The van der Waals surface area contributed by atoms with Crippen LogP contribution >= 0.6 is 0 Å². The highest BCUT2D eigenvalue weighted by Crippen LogP contribution is 2.36. The van der Waals surface area contributed by atoms with Crippen molar-refractivity contribution in [2.45, 2.75) is 19.9 Å². The van der Waals surface area contributed by atoms with Gasteiger partial charge in [-0.1, -0.05) is 30.3 Å². The van der Waals surface area contributed by atoms with Crippen LogP contribution in [0.3, 0.4) is 0 Å². The lowest BCUT2D eigenvalue weighted by Gasteiger charge is -2.06. The van der Waals surface area contributed by atoms with E-state index in [0.29, 0.717) is 0 Å². The molecule has 1 aliphatic rings. The Morgan fingerprint density at radius 1 is 1.59 bits per heavy atom. The Kier molecular flexibility index (Phi) is 3.64. The van der Waals surface area contributed by atoms with Crippen molar-refractivity contribution in [3.63, 3.8) is 0 Å². The van der Waals surface area contributed by atoms with Crippen LogP contribution in [0, 0.1) is 11.8 Å². The predicted octanol–water partition coefficient (Wildman–Crippen LogP) is 1.53. The monoisotopic (exact) mass is 233 g/mol. The summed E-state index contributed by atoms with van der Waals surface area (Å²) in [5.41, 5.74) is 7.46. The van der Waals surface area contributed by atoms with Crippen LogP contribution in [0.4, 0.5) is 0 Å². The van der Waals surface area contributed by atoms with Crippen LogP contribution in [0.5, 0.6) is 0 Å². The predicted molar refractivity (Wildman–Crippen MR) is 67.9 cm³/mol. The lowest BCUT2D eigenvalue weighted by atomic mass is 10.1. The normalized spacial score (nSPS) is 23.7. The minimum Gasteiger partial charge on any atom is -0.409 e. The van der Waals surface area contributed by atoms with E-state index in [9.17, 15) is 0 Å². The van der Waals surface area contributed by atoms with Crippen molar-refractivity contribution in [1.29, 1.82) is 0 Å². The van der Waals surface area contributed by atoms with E-state index in [-0.39, 0.29) is 5.84 Å². The molecule has 1 saturated carbocycles. The highest BCUT2D eigenvalue weighted by atomic mass is 16.4.